The van der Waals surface area contributed by atoms with E-state index >= 15 is 0 Å². The molecule has 1 aromatic rings. The molecule has 0 spiro atoms. The molecule has 2 heterocycles. The second-order valence-corrected chi connectivity index (χ2v) is 6.72. The SMILES string of the molecule is CN(C)c1nc(CNC(=O)CC2CC2)nc(N2CCCCC2)n1. The molecule has 1 N–H and O–H groups in total. The zero-order chi connectivity index (χ0) is 16.2. The summed E-state index contributed by atoms with van der Waals surface area (Å²) in [5.74, 6) is 2.70. The molecule has 1 saturated heterocycles. The van der Waals surface area contributed by atoms with Crippen LogP contribution in [0.2, 0.25) is 0 Å². The number of nitrogens with one attached hydrogen (secondary N) is 1. The predicted molar refractivity (Wildman–Crippen MR) is 89.4 cm³/mol. The molecule has 1 saturated carbocycles. The first-order valence-electron chi connectivity index (χ1n) is 8.56. The van der Waals surface area contributed by atoms with E-state index in [0.717, 1.165) is 19.0 Å². The van der Waals surface area contributed by atoms with E-state index in [2.05, 4.69) is 25.2 Å². The Kier molecular flexibility index (Phi) is 4.93. The number of aromatic nitrogens is 3. The molecule has 0 bridgehead atoms. The first-order chi connectivity index (χ1) is 11.1. The van der Waals surface area contributed by atoms with Crippen LogP contribution in [0.25, 0.3) is 0 Å². The molecule has 0 radical (unpaired) electrons. The molecule has 1 aromatic heterocycles. The van der Waals surface area contributed by atoms with Crippen LogP contribution in [0.5, 0.6) is 0 Å². The van der Waals surface area contributed by atoms with Gasteiger partial charge in [0, 0.05) is 33.6 Å². The molecule has 0 atom stereocenters. The van der Waals surface area contributed by atoms with Gasteiger partial charge < -0.3 is 15.1 Å². The Balaban J connectivity index is 1.69. The van der Waals surface area contributed by atoms with Crippen molar-refractivity contribution in [3.63, 3.8) is 0 Å². The summed E-state index contributed by atoms with van der Waals surface area (Å²) >= 11 is 0. The van der Waals surface area contributed by atoms with Gasteiger partial charge in [-0.25, -0.2) is 0 Å². The summed E-state index contributed by atoms with van der Waals surface area (Å²) in [7, 11) is 3.84. The van der Waals surface area contributed by atoms with E-state index < -0.39 is 0 Å². The van der Waals surface area contributed by atoms with Gasteiger partial charge in [0.15, 0.2) is 5.82 Å². The Labute approximate surface area is 137 Å². The highest BCUT2D eigenvalue weighted by atomic mass is 16.1. The number of nitrogens with zero attached hydrogens (tertiary/aromatic N) is 5. The lowest BCUT2D eigenvalue weighted by Gasteiger charge is -2.27. The second kappa shape index (κ2) is 7.10. The molecule has 7 nitrogen and oxygen atoms in total. The van der Waals surface area contributed by atoms with Crippen LogP contribution in [-0.4, -0.2) is 48.0 Å². The molecule has 2 fully saturated rings. The lowest BCUT2D eigenvalue weighted by atomic mass is 10.1. The van der Waals surface area contributed by atoms with Crippen LogP contribution in [0.4, 0.5) is 11.9 Å². The van der Waals surface area contributed by atoms with Gasteiger partial charge in [-0.2, -0.15) is 15.0 Å². The standard InChI is InChI=1S/C16H26N6O/c1-21(2)15-18-13(11-17-14(23)10-12-6-7-12)19-16(20-15)22-8-4-3-5-9-22/h12H,3-11H2,1-2H3,(H,17,23). The van der Waals surface area contributed by atoms with Crippen molar-refractivity contribution in [1.29, 1.82) is 0 Å². The van der Waals surface area contributed by atoms with Crippen molar-refractivity contribution < 1.29 is 4.79 Å². The Bertz CT molecular complexity index is 552. The minimum absolute atomic E-state index is 0.0961. The number of piperidine rings is 1. The molecule has 1 aliphatic carbocycles. The molecule has 0 unspecified atom stereocenters. The highest BCUT2D eigenvalue weighted by Gasteiger charge is 2.24. The molecule has 3 rings (SSSR count). The van der Waals surface area contributed by atoms with Crippen molar-refractivity contribution in [3.8, 4) is 0 Å². The minimum atomic E-state index is 0.0961. The Morgan fingerprint density at radius 3 is 2.57 bits per heavy atom. The van der Waals surface area contributed by atoms with Gasteiger partial charge in [-0.15, -0.1) is 0 Å². The molecular weight excluding hydrogens is 292 g/mol. The fourth-order valence-corrected chi connectivity index (χ4v) is 2.74. The number of anilines is 2. The lowest BCUT2D eigenvalue weighted by Crippen LogP contribution is -2.33. The molecular formula is C16H26N6O. The van der Waals surface area contributed by atoms with Crippen molar-refractivity contribution in [3.05, 3.63) is 5.82 Å². The van der Waals surface area contributed by atoms with E-state index in [0.29, 0.717) is 30.7 Å². The van der Waals surface area contributed by atoms with Crippen molar-refractivity contribution in [2.75, 3.05) is 37.0 Å². The second-order valence-electron chi connectivity index (χ2n) is 6.72. The van der Waals surface area contributed by atoms with E-state index in [-0.39, 0.29) is 5.91 Å². The summed E-state index contributed by atoms with van der Waals surface area (Å²) < 4.78 is 0. The van der Waals surface area contributed by atoms with Crippen molar-refractivity contribution >= 4 is 17.8 Å². The predicted octanol–water partition coefficient (Wildman–Crippen LogP) is 1.34. The quantitative estimate of drug-likeness (QED) is 0.853. The first kappa shape index (κ1) is 16.0. The van der Waals surface area contributed by atoms with Gasteiger partial charge in [0.25, 0.3) is 0 Å². The Hall–Kier alpha value is -1.92. The average molecular weight is 318 g/mol. The van der Waals surface area contributed by atoms with Gasteiger partial charge in [0.05, 0.1) is 6.54 Å². The maximum absolute atomic E-state index is 11.9. The van der Waals surface area contributed by atoms with Crippen LogP contribution in [0.1, 0.15) is 44.3 Å². The zero-order valence-electron chi connectivity index (χ0n) is 14.1. The number of amides is 1. The van der Waals surface area contributed by atoms with E-state index in [4.69, 9.17) is 0 Å². The van der Waals surface area contributed by atoms with E-state index in [1.54, 1.807) is 0 Å². The molecule has 2 aliphatic rings. The van der Waals surface area contributed by atoms with Gasteiger partial charge in [-0.05, 0) is 38.0 Å². The molecule has 23 heavy (non-hydrogen) atoms. The number of hydrogen-bond acceptors (Lipinski definition) is 6. The fraction of sp³-hybridized carbons (Fsp3) is 0.750. The first-order valence-corrected chi connectivity index (χ1v) is 8.56. The van der Waals surface area contributed by atoms with Crippen molar-refractivity contribution in [2.24, 2.45) is 5.92 Å². The van der Waals surface area contributed by atoms with E-state index in [9.17, 15) is 4.79 Å². The maximum atomic E-state index is 11.9. The minimum Gasteiger partial charge on any atom is -0.349 e. The number of hydrogen-bond donors (Lipinski definition) is 1. The fourth-order valence-electron chi connectivity index (χ4n) is 2.74. The van der Waals surface area contributed by atoms with Crippen molar-refractivity contribution in [2.45, 2.75) is 45.1 Å². The van der Waals surface area contributed by atoms with Crippen LogP contribution < -0.4 is 15.1 Å². The third-order valence-electron chi connectivity index (χ3n) is 4.31. The lowest BCUT2D eigenvalue weighted by molar-refractivity contribution is -0.121. The zero-order valence-corrected chi connectivity index (χ0v) is 14.1. The summed E-state index contributed by atoms with van der Waals surface area (Å²) in [5.41, 5.74) is 0. The van der Waals surface area contributed by atoms with Crippen molar-refractivity contribution in [1.82, 2.24) is 20.3 Å². The van der Waals surface area contributed by atoms with Crippen LogP contribution in [0.3, 0.4) is 0 Å². The van der Waals surface area contributed by atoms with Crippen LogP contribution in [-0.2, 0) is 11.3 Å². The molecule has 126 valence electrons. The highest BCUT2D eigenvalue weighted by molar-refractivity contribution is 5.76. The number of carbonyl (C=O) groups excluding carboxylic acids is 1. The molecule has 1 amide bonds. The summed E-state index contributed by atoms with van der Waals surface area (Å²) in [5, 5.41) is 2.94. The third kappa shape index (κ3) is 4.53. The Morgan fingerprint density at radius 1 is 1.17 bits per heavy atom. The van der Waals surface area contributed by atoms with Crippen LogP contribution in [0.15, 0.2) is 0 Å². The normalized spacial score (nSPS) is 17.9. The number of carbonyl (C=O) groups is 1. The van der Waals surface area contributed by atoms with Gasteiger partial charge in [-0.1, -0.05) is 0 Å². The van der Waals surface area contributed by atoms with Crippen LogP contribution in [0, 0.1) is 5.92 Å². The van der Waals surface area contributed by atoms with Gasteiger partial charge in [0.2, 0.25) is 17.8 Å². The van der Waals surface area contributed by atoms with Gasteiger partial charge in [0.1, 0.15) is 0 Å². The highest BCUT2D eigenvalue weighted by Crippen LogP contribution is 2.32. The van der Waals surface area contributed by atoms with Gasteiger partial charge >= 0.3 is 0 Å². The van der Waals surface area contributed by atoms with E-state index in [1.807, 2.05) is 19.0 Å². The molecule has 7 heteroatoms. The smallest absolute Gasteiger partial charge is 0.230 e. The largest absolute Gasteiger partial charge is 0.349 e. The Morgan fingerprint density at radius 2 is 1.91 bits per heavy atom. The maximum Gasteiger partial charge on any atom is 0.230 e. The van der Waals surface area contributed by atoms with Crippen LogP contribution >= 0.6 is 0 Å². The summed E-state index contributed by atoms with van der Waals surface area (Å²) in [4.78, 5) is 29.5. The van der Waals surface area contributed by atoms with Gasteiger partial charge in [-0.3, -0.25) is 4.79 Å². The summed E-state index contributed by atoms with van der Waals surface area (Å²) in [6.07, 6.45) is 6.62. The average Bonchev–Trinajstić information content (AvgIpc) is 3.37. The summed E-state index contributed by atoms with van der Waals surface area (Å²) in [6.45, 7) is 2.35. The molecule has 0 aromatic carbocycles. The molecule has 1 aliphatic heterocycles. The monoisotopic (exact) mass is 318 g/mol. The topological polar surface area (TPSA) is 74.2 Å². The van der Waals surface area contributed by atoms with E-state index in [1.165, 1.54) is 32.1 Å². The summed E-state index contributed by atoms with van der Waals surface area (Å²) in [6, 6.07) is 0. The number of rotatable bonds is 6. The third-order valence-corrected chi connectivity index (χ3v) is 4.31.